The van der Waals surface area contributed by atoms with Crippen LogP contribution in [0.1, 0.15) is 28.5 Å². The van der Waals surface area contributed by atoms with Crippen LogP contribution in [0.15, 0.2) is 24.3 Å². The van der Waals surface area contributed by atoms with E-state index in [9.17, 15) is 4.79 Å². The standard InChI is InChI=1S/C14H15NO2S/c1-9(2)17-12-6-4-11(5-7-12)14-10(3)18-13(8-16)15-14/h4-9H,1-3H3. The van der Waals surface area contributed by atoms with E-state index >= 15 is 0 Å². The Hall–Kier alpha value is -1.68. The maximum Gasteiger partial charge on any atom is 0.178 e. The summed E-state index contributed by atoms with van der Waals surface area (Å²) in [5, 5.41) is 0.519. The van der Waals surface area contributed by atoms with E-state index in [0.29, 0.717) is 5.01 Å². The molecule has 0 aliphatic carbocycles. The molecule has 1 heterocycles. The summed E-state index contributed by atoms with van der Waals surface area (Å²) in [5.41, 5.74) is 1.88. The number of aryl methyl sites for hydroxylation is 1. The maximum atomic E-state index is 10.7. The lowest BCUT2D eigenvalue weighted by atomic mass is 10.1. The average molecular weight is 261 g/mol. The van der Waals surface area contributed by atoms with E-state index in [-0.39, 0.29) is 6.10 Å². The van der Waals surface area contributed by atoms with Crippen LogP contribution in [0.2, 0.25) is 0 Å². The van der Waals surface area contributed by atoms with E-state index in [1.807, 2.05) is 45.0 Å². The van der Waals surface area contributed by atoms with E-state index in [0.717, 1.165) is 28.2 Å². The molecule has 4 heteroatoms. The number of hydrogen-bond acceptors (Lipinski definition) is 4. The third-order valence-corrected chi connectivity index (χ3v) is 3.31. The first-order valence-corrected chi connectivity index (χ1v) is 6.61. The lowest BCUT2D eigenvalue weighted by Crippen LogP contribution is -2.05. The quantitative estimate of drug-likeness (QED) is 0.787. The maximum absolute atomic E-state index is 10.7. The molecule has 0 bridgehead atoms. The van der Waals surface area contributed by atoms with Gasteiger partial charge in [0, 0.05) is 10.4 Å². The molecule has 2 rings (SSSR count). The molecule has 94 valence electrons. The molecule has 0 atom stereocenters. The molecule has 0 saturated heterocycles. The number of benzene rings is 1. The zero-order valence-corrected chi connectivity index (χ0v) is 11.5. The van der Waals surface area contributed by atoms with Crippen molar-refractivity contribution >= 4 is 17.6 Å². The minimum Gasteiger partial charge on any atom is -0.491 e. The zero-order valence-electron chi connectivity index (χ0n) is 10.6. The third kappa shape index (κ3) is 2.76. The van der Waals surface area contributed by atoms with E-state index in [1.54, 1.807) is 0 Å². The van der Waals surface area contributed by atoms with Gasteiger partial charge in [0.05, 0.1) is 11.8 Å². The van der Waals surface area contributed by atoms with Gasteiger partial charge in [-0.3, -0.25) is 4.79 Å². The fraction of sp³-hybridized carbons (Fsp3) is 0.286. The van der Waals surface area contributed by atoms with Crippen molar-refractivity contribution in [2.24, 2.45) is 0 Å². The molecule has 0 aliphatic rings. The van der Waals surface area contributed by atoms with Gasteiger partial charge in [-0.1, -0.05) is 0 Å². The largest absolute Gasteiger partial charge is 0.491 e. The van der Waals surface area contributed by atoms with E-state index in [2.05, 4.69) is 4.98 Å². The van der Waals surface area contributed by atoms with E-state index in [1.165, 1.54) is 11.3 Å². The van der Waals surface area contributed by atoms with Crippen LogP contribution in [0.5, 0.6) is 5.75 Å². The molecule has 0 fully saturated rings. The summed E-state index contributed by atoms with van der Waals surface area (Å²) in [6, 6.07) is 7.78. The van der Waals surface area contributed by atoms with Crippen LogP contribution in [0.25, 0.3) is 11.3 Å². The summed E-state index contributed by atoms with van der Waals surface area (Å²) in [5.74, 6) is 0.845. The van der Waals surface area contributed by atoms with Crippen molar-refractivity contribution < 1.29 is 9.53 Å². The monoisotopic (exact) mass is 261 g/mol. The van der Waals surface area contributed by atoms with Crippen LogP contribution >= 0.6 is 11.3 Å². The number of rotatable bonds is 4. The Morgan fingerprint density at radius 2 is 1.94 bits per heavy atom. The highest BCUT2D eigenvalue weighted by Gasteiger charge is 2.09. The molecule has 18 heavy (non-hydrogen) atoms. The number of aromatic nitrogens is 1. The normalized spacial score (nSPS) is 10.7. The van der Waals surface area contributed by atoms with Crippen LogP contribution in [-0.2, 0) is 0 Å². The van der Waals surface area contributed by atoms with Crippen LogP contribution in [0, 0.1) is 6.92 Å². The van der Waals surface area contributed by atoms with Gasteiger partial charge in [0.15, 0.2) is 11.3 Å². The van der Waals surface area contributed by atoms with Crippen molar-refractivity contribution in [2.75, 3.05) is 0 Å². The van der Waals surface area contributed by atoms with Crippen LogP contribution < -0.4 is 4.74 Å². The Bertz CT molecular complexity index is 543. The molecule has 0 saturated carbocycles. The second-order valence-corrected chi connectivity index (χ2v) is 5.50. The summed E-state index contributed by atoms with van der Waals surface area (Å²) in [6.45, 7) is 5.96. The third-order valence-electron chi connectivity index (χ3n) is 2.41. The molecule has 2 aromatic rings. The number of nitrogens with zero attached hydrogens (tertiary/aromatic N) is 1. The second kappa shape index (κ2) is 5.31. The Morgan fingerprint density at radius 1 is 1.28 bits per heavy atom. The molecule has 0 unspecified atom stereocenters. The molecule has 0 aliphatic heterocycles. The topological polar surface area (TPSA) is 39.2 Å². The van der Waals surface area contributed by atoms with Gasteiger partial charge in [-0.15, -0.1) is 11.3 Å². The van der Waals surface area contributed by atoms with Crippen molar-refractivity contribution in [2.45, 2.75) is 26.9 Å². The number of carbonyl (C=O) groups excluding carboxylic acids is 1. The van der Waals surface area contributed by atoms with Crippen LogP contribution in [-0.4, -0.2) is 17.4 Å². The number of carbonyl (C=O) groups is 1. The van der Waals surface area contributed by atoms with Gasteiger partial charge in [0.2, 0.25) is 0 Å². The van der Waals surface area contributed by atoms with Crippen molar-refractivity contribution in [3.63, 3.8) is 0 Å². The van der Waals surface area contributed by atoms with Gasteiger partial charge in [0.1, 0.15) is 5.75 Å². The smallest absolute Gasteiger partial charge is 0.178 e. The predicted octanol–water partition coefficient (Wildman–Crippen LogP) is 3.72. The summed E-state index contributed by atoms with van der Waals surface area (Å²) < 4.78 is 5.59. The molecule has 0 amide bonds. The van der Waals surface area contributed by atoms with Gasteiger partial charge in [-0.2, -0.15) is 0 Å². The van der Waals surface area contributed by atoms with Crippen molar-refractivity contribution in [3.05, 3.63) is 34.2 Å². The van der Waals surface area contributed by atoms with Gasteiger partial charge in [-0.05, 0) is 45.0 Å². The molecular formula is C14H15NO2S. The number of hydrogen-bond donors (Lipinski definition) is 0. The van der Waals surface area contributed by atoms with Crippen molar-refractivity contribution in [1.82, 2.24) is 4.98 Å². The minimum absolute atomic E-state index is 0.165. The average Bonchev–Trinajstić information content (AvgIpc) is 2.71. The predicted molar refractivity (Wildman–Crippen MR) is 73.4 cm³/mol. The minimum atomic E-state index is 0.165. The molecule has 1 aromatic carbocycles. The Labute approximate surface area is 110 Å². The number of ether oxygens (including phenoxy) is 1. The summed E-state index contributed by atoms with van der Waals surface area (Å²) in [4.78, 5) is 16.1. The first-order chi connectivity index (χ1) is 8.60. The van der Waals surface area contributed by atoms with Crippen LogP contribution in [0.4, 0.5) is 0 Å². The number of thiazole rings is 1. The van der Waals surface area contributed by atoms with Gasteiger partial charge >= 0.3 is 0 Å². The Morgan fingerprint density at radius 3 is 2.44 bits per heavy atom. The molecular weight excluding hydrogens is 246 g/mol. The SMILES string of the molecule is Cc1sc(C=O)nc1-c1ccc(OC(C)C)cc1. The summed E-state index contributed by atoms with van der Waals surface area (Å²) in [7, 11) is 0. The summed E-state index contributed by atoms with van der Waals surface area (Å²) >= 11 is 1.41. The number of aldehydes is 1. The summed E-state index contributed by atoms with van der Waals surface area (Å²) in [6.07, 6.45) is 0.954. The van der Waals surface area contributed by atoms with Gasteiger partial charge < -0.3 is 4.74 Å². The highest BCUT2D eigenvalue weighted by molar-refractivity contribution is 7.13. The highest BCUT2D eigenvalue weighted by atomic mass is 32.1. The first kappa shape index (κ1) is 12.8. The zero-order chi connectivity index (χ0) is 13.1. The highest BCUT2D eigenvalue weighted by Crippen LogP contribution is 2.28. The molecule has 1 aromatic heterocycles. The first-order valence-electron chi connectivity index (χ1n) is 5.80. The van der Waals surface area contributed by atoms with Crippen molar-refractivity contribution in [3.8, 4) is 17.0 Å². The van der Waals surface area contributed by atoms with Crippen molar-refractivity contribution in [1.29, 1.82) is 0 Å². The van der Waals surface area contributed by atoms with Gasteiger partial charge in [0.25, 0.3) is 0 Å². The van der Waals surface area contributed by atoms with E-state index < -0.39 is 0 Å². The van der Waals surface area contributed by atoms with Gasteiger partial charge in [-0.25, -0.2) is 4.98 Å². The molecule has 0 spiro atoms. The Balaban J connectivity index is 2.28. The molecule has 3 nitrogen and oxygen atoms in total. The fourth-order valence-electron chi connectivity index (χ4n) is 1.70. The van der Waals surface area contributed by atoms with Crippen LogP contribution in [0.3, 0.4) is 0 Å². The fourth-order valence-corrected chi connectivity index (χ4v) is 2.46. The molecule has 0 N–H and O–H groups in total. The Kier molecular flexibility index (Phi) is 3.77. The lowest BCUT2D eigenvalue weighted by Gasteiger charge is -2.09. The lowest BCUT2D eigenvalue weighted by molar-refractivity contribution is 0.112. The second-order valence-electron chi connectivity index (χ2n) is 4.27. The molecule has 0 radical (unpaired) electrons. The van der Waals surface area contributed by atoms with E-state index in [4.69, 9.17) is 4.74 Å².